The molecule has 0 spiro atoms. The van der Waals surface area contributed by atoms with Gasteiger partial charge in [0, 0.05) is 44.4 Å². The van der Waals surface area contributed by atoms with E-state index in [-0.39, 0.29) is 35.7 Å². The largest absolute Gasteiger partial charge is 0.352 e. The van der Waals surface area contributed by atoms with E-state index in [9.17, 15) is 14.4 Å². The van der Waals surface area contributed by atoms with Gasteiger partial charge in [0.25, 0.3) is 0 Å². The lowest BCUT2D eigenvalue weighted by atomic mass is 9.90. The molecule has 2 unspecified atom stereocenters. The van der Waals surface area contributed by atoms with Crippen molar-refractivity contribution in [2.75, 3.05) is 25.0 Å². The van der Waals surface area contributed by atoms with Crippen LogP contribution in [0.5, 0.6) is 0 Å². The standard InChI is InChI=1S/C23H33N5O3/c1-15(2)11-21(22(30)25-13-20-12-24-20)27-23(31)28-10-4-5-18(14-28)17-6-8-19(9-7-17)26-16(3)29/h6-9,12,15,18,20-21H,4-5,10-11,13-14H2,1-3H3,(H,25,30)(H,26,29)(H,27,31)/t18-,20?,21?/m0/s1. The van der Waals surface area contributed by atoms with Gasteiger partial charge >= 0.3 is 6.03 Å². The molecule has 0 radical (unpaired) electrons. The summed E-state index contributed by atoms with van der Waals surface area (Å²) < 4.78 is 0. The predicted molar refractivity (Wildman–Crippen MR) is 121 cm³/mol. The van der Waals surface area contributed by atoms with E-state index in [1.54, 1.807) is 11.1 Å². The Kier molecular flexibility index (Phi) is 7.65. The summed E-state index contributed by atoms with van der Waals surface area (Å²) in [7, 11) is 0. The molecule has 0 aliphatic carbocycles. The van der Waals surface area contributed by atoms with Crippen molar-refractivity contribution < 1.29 is 14.4 Å². The third-order valence-corrected chi connectivity index (χ3v) is 5.58. The number of piperidine rings is 1. The molecule has 1 fully saturated rings. The van der Waals surface area contributed by atoms with E-state index >= 15 is 0 Å². The highest BCUT2D eigenvalue weighted by Crippen LogP contribution is 2.28. The van der Waals surface area contributed by atoms with Crippen LogP contribution in [0.25, 0.3) is 0 Å². The summed E-state index contributed by atoms with van der Waals surface area (Å²) in [6.45, 7) is 7.34. The lowest BCUT2D eigenvalue weighted by molar-refractivity contribution is -0.123. The fourth-order valence-corrected chi connectivity index (χ4v) is 3.91. The Labute approximate surface area is 183 Å². The maximum atomic E-state index is 13.0. The molecule has 1 aromatic rings. The van der Waals surface area contributed by atoms with Gasteiger partial charge in [0.2, 0.25) is 11.8 Å². The Balaban J connectivity index is 1.57. The van der Waals surface area contributed by atoms with E-state index in [4.69, 9.17) is 0 Å². The fraction of sp³-hybridized carbons (Fsp3) is 0.565. The second kappa shape index (κ2) is 10.4. The van der Waals surface area contributed by atoms with Gasteiger partial charge in [0.05, 0.1) is 0 Å². The van der Waals surface area contributed by atoms with Crippen LogP contribution in [0.1, 0.15) is 51.5 Å². The van der Waals surface area contributed by atoms with Crippen LogP contribution in [0.15, 0.2) is 29.3 Å². The van der Waals surface area contributed by atoms with Crippen LogP contribution in [0.4, 0.5) is 10.5 Å². The molecule has 0 bridgehead atoms. The first-order chi connectivity index (χ1) is 14.8. The number of nitrogens with zero attached hydrogens (tertiary/aromatic N) is 2. The zero-order valence-electron chi connectivity index (χ0n) is 18.6. The maximum absolute atomic E-state index is 13.0. The summed E-state index contributed by atoms with van der Waals surface area (Å²) in [5.41, 5.74) is 1.91. The molecular weight excluding hydrogens is 394 g/mol. The zero-order chi connectivity index (χ0) is 22.4. The van der Waals surface area contributed by atoms with Gasteiger partial charge in [-0.3, -0.25) is 14.6 Å². The molecule has 0 aromatic heterocycles. The smallest absolute Gasteiger partial charge is 0.318 e. The fourth-order valence-electron chi connectivity index (χ4n) is 3.91. The number of aliphatic imine (C=N–C) groups is 1. The van der Waals surface area contributed by atoms with E-state index in [1.165, 1.54) is 6.92 Å². The molecule has 1 aromatic carbocycles. The van der Waals surface area contributed by atoms with Crippen molar-refractivity contribution >= 4 is 29.7 Å². The van der Waals surface area contributed by atoms with Crippen LogP contribution >= 0.6 is 0 Å². The molecule has 31 heavy (non-hydrogen) atoms. The number of urea groups is 1. The van der Waals surface area contributed by atoms with Crippen molar-refractivity contribution in [1.29, 1.82) is 0 Å². The third kappa shape index (κ3) is 7.08. The second-order valence-electron chi connectivity index (χ2n) is 8.83. The Morgan fingerprint density at radius 1 is 1.19 bits per heavy atom. The molecule has 168 valence electrons. The first-order valence-corrected chi connectivity index (χ1v) is 11.1. The normalized spacial score (nSPS) is 20.8. The summed E-state index contributed by atoms with van der Waals surface area (Å²) in [5, 5.41) is 8.61. The van der Waals surface area contributed by atoms with E-state index in [1.807, 2.05) is 38.1 Å². The molecule has 8 nitrogen and oxygen atoms in total. The van der Waals surface area contributed by atoms with Crippen LogP contribution in [-0.2, 0) is 9.59 Å². The topological polar surface area (TPSA) is 103 Å². The number of anilines is 1. The number of hydrogen-bond donors (Lipinski definition) is 3. The molecule has 2 heterocycles. The summed E-state index contributed by atoms with van der Waals surface area (Å²) >= 11 is 0. The van der Waals surface area contributed by atoms with Crippen LogP contribution in [-0.4, -0.2) is 60.7 Å². The van der Waals surface area contributed by atoms with Gasteiger partial charge in [-0.1, -0.05) is 26.0 Å². The monoisotopic (exact) mass is 427 g/mol. The van der Waals surface area contributed by atoms with Gasteiger partial charge < -0.3 is 20.9 Å². The Morgan fingerprint density at radius 2 is 1.90 bits per heavy atom. The van der Waals surface area contributed by atoms with E-state index in [0.29, 0.717) is 26.1 Å². The SMILES string of the molecule is CC(=O)Nc1ccc([C@H]2CCCN(C(=O)NC(CC(C)C)C(=O)NCC3C=N3)C2)cc1. The van der Waals surface area contributed by atoms with Gasteiger partial charge in [0.15, 0.2) is 0 Å². The third-order valence-electron chi connectivity index (χ3n) is 5.58. The second-order valence-corrected chi connectivity index (χ2v) is 8.83. The van der Waals surface area contributed by atoms with Gasteiger partial charge in [-0.25, -0.2) is 4.79 Å². The average Bonchev–Trinajstić information content (AvgIpc) is 3.56. The summed E-state index contributed by atoms with van der Waals surface area (Å²) in [5.74, 6) is 0.261. The minimum absolute atomic E-state index is 0.0992. The van der Waals surface area contributed by atoms with E-state index in [0.717, 1.165) is 24.1 Å². The predicted octanol–water partition coefficient (Wildman–Crippen LogP) is 2.52. The number of benzene rings is 1. The number of carbonyl (C=O) groups is 3. The average molecular weight is 428 g/mol. The van der Waals surface area contributed by atoms with Gasteiger partial charge in [-0.2, -0.15) is 0 Å². The van der Waals surface area contributed by atoms with Crippen LogP contribution in [0, 0.1) is 5.92 Å². The minimum Gasteiger partial charge on any atom is -0.352 e. The Morgan fingerprint density at radius 3 is 2.52 bits per heavy atom. The van der Waals surface area contributed by atoms with Crippen LogP contribution in [0.2, 0.25) is 0 Å². The Hall–Kier alpha value is -2.90. The van der Waals surface area contributed by atoms with Crippen LogP contribution in [0.3, 0.4) is 0 Å². The van der Waals surface area contributed by atoms with Gasteiger partial charge in [0.1, 0.15) is 12.1 Å². The number of rotatable bonds is 8. The molecule has 0 saturated carbocycles. The number of likely N-dealkylation sites (tertiary alicyclic amines) is 1. The highest BCUT2D eigenvalue weighted by molar-refractivity contribution is 5.89. The van der Waals surface area contributed by atoms with Gasteiger partial charge in [-0.05, 0) is 42.9 Å². The lowest BCUT2D eigenvalue weighted by Gasteiger charge is -2.34. The van der Waals surface area contributed by atoms with Crippen LogP contribution < -0.4 is 16.0 Å². The van der Waals surface area contributed by atoms with Crippen molar-refractivity contribution in [2.24, 2.45) is 10.9 Å². The highest BCUT2D eigenvalue weighted by Gasteiger charge is 2.29. The quantitative estimate of drug-likeness (QED) is 0.594. The first-order valence-electron chi connectivity index (χ1n) is 11.1. The summed E-state index contributed by atoms with van der Waals surface area (Å²) in [6.07, 6.45) is 4.30. The molecule has 2 aliphatic rings. The molecular formula is C23H33N5O3. The van der Waals surface area contributed by atoms with E-state index in [2.05, 4.69) is 20.9 Å². The summed E-state index contributed by atoms with van der Waals surface area (Å²) in [6, 6.07) is 7.16. The van der Waals surface area contributed by atoms with Crippen molar-refractivity contribution in [1.82, 2.24) is 15.5 Å². The van der Waals surface area contributed by atoms with Crippen molar-refractivity contribution in [2.45, 2.75) is 58.0 Å². The first kappa shape index (κ1) is 22.8. The molecule has 3 atom stereocenters. The highest BCUT2D eigenvalue weighted by atomic mass is 16.2. The zero-order valence-corrected chi connectivity index (χ0v) is 18.6. The maximum Gasteiger partial charge on any atom is 0.318 e. The number of carbonyl (C=O) groups excluding carboxylic acids is 3. The molecule has 4 amide bonds. The lowest BCUT2D eigenvalue weighted by Crippen LogP contribution is -2.53. The molecule has 1 saturated heterocycles. The van der Waals surface area contributed by atoms with Crippen molar-refractivity contribution in [3.63, 3.8) is 0 Å². The number of nitrogens with one attached hydrogen (secondary N) is 3. The van der Waals surface area contributed by atoms with E-state index < -0.39 is 6.04 Å². The molecule has 2 aliphatic heterocycles. The number of hydrogen-bond acceptors (Lipinski definition) is 4. The molecule has 3 N–H and O–H groups in total. The Bertz CT molecular complexity index is 815. The molecule has 3 rings (SSSR count). The summed E-state index contributed by atoms with van der Waals surface area (Å²) in [4.78, 5) is 42.6. The number of amides is 4. The van der Waals surface area contributed by atoms with Crippen molar-refractivity contribution in [3.05, 3.63) is 29.8 Å². The van der Waals surface area contributed by atoms with Gasteiger partial charge in [-0.15, -0.1) is 0 Å². The minimum atomic E-state index is -0.552. The molecule has 8 heteroatoms. The van der Waals surface area contributed by atoms with Crippen molar-refractivity contribution in [3.8, 4) is 0 Å².